The molecule has 0 aliphatic heterocycles. The second-order valence-electron chi connectivity index (χ2n) is 26.6. The molecule has 0 aromatic carbocycles. The number of anilines is 8. The molecule has 62 heteroatoms. The van der Waals surface area contributed by atoms with Crippen LogP contribution in [0.25, 0.3) is 0 Å². The number of halogens is 12. The Morgan fingerprint density at radius 3 is 0.340 bits per heavy atom. The number of hydrogen-bond acceptors (Lipinski definition) is 34. The first-order chi connectivity index (χ1) is 64.8. The molecule has 12 aromatic heterocycles. The van der Waals surface area contributed by atoms with Gasteiger partial charge in [-0.25, -0.2) is 33.7 Å². The van der Waals surface area contributed by atoms with Crippen molar-refractivity contribution >= 4 is 190 Å². The fourth-order valence-corrected chi connectivity index (χ4v) is 12.9. The molecule has 0 N–H and O–H groups in total. The third-order valence-corrected chi connectivity index (χ3v) is 22.6. The molecule has 0 aliphatic carbocycles. The van der Waals surface area contributed by atoms with Crippen LogP contribution in [-0.4, -0.2) is 229 Å². The van der Waals surface area contributed by atoms with Gasteiger partial charge < -0.3 is 67.0 Å². The van der Waals surface area contributed by atoms with Crippen LogP contribution in [0.5, 0.6) is 0 Å². The van der Waals surface area contributed by atoms with Crippen LogP contribution in [0.2, 0.25) is 0 Å². The molecule has 0 radical (unpaired) electrons. The topological polar surface area (TPSA) is 529 Å². The maximum atomic E-state index is 12.6. The summed E-state index contributed by atoms with van der Waals surface area (Å²) in [7, 11) is -10.8. The first-order valence-corrected chi connectivity index (χ1v) is 46.5. The van der Waals surface area contributed by atoms with E-state index in [4.69, 9.17) is 51.9 Å². The number of alkyl halides is 12. The van der Waals surface area contributed by atoms with Gasteiger partial charge in [0.2, 0.25) is 0 Å². The van der Waals surface area contributed by atoms with E-state index >= 15 is 0 Å². The van der Waals surface area contributed by atoms with E-state index in [1.54, 1.807) is 301 Å². The minimum atomic E-state index is -6.09. The van der Waals surface area contributed by atoms with Crippen LogP contribution in [0.15, 0.2) is 245 Å². The van der Waals surface area contributed by atoms with Crippen molar-refractivity contribution in [3.05, 3.63) is 284 Å². The maximum absolute atomic E-state index is 12.6. The molecule has 0 aliphatic rings. The van der Waals surface area contributed by atoms with Gasteiger partial charge in [-0.3, -0.25) is 78.2 Å². The zero-order valence-corrected chi connectivity index (χ0v) is 87.7. The number of nitrogens with zero attached hydrogens (tertiary/aromatic N) is 16. The molecule has 8 amide bonds. The Kier molecular flexibility index (Phi) is 58.1. The van der Waals surface area contributed by atoms with Crippen molar-refractivity contribution in [3.63, 3.8) is 0 Å². The number of thiophene rings is 4. The molecule has 0 bridgehead atoms. The van der Waals surface area contributed by atoms with E-state index in [-0.39, 0.29) is 148 Å². The molecular formula is C82H76Ag4F12N16O22S8. The average Bonchev–Trinajstić information content (AvgIpc) is 1.68. The zero-order chi connectivity index (χ0) is 106. The summed E-state index contributed by atoms with van der Waals surface area (Å²) in [5, 5.41) is 0. The summed E-state index contributed by atoms with van der Waals surface area (Å²) in [6.45, 7) is 6.11. The van der Waals surface area contributed by atoms with Crippen LogP contribution >= 0.6 is 45.3 Å². The van der Waals surface area contributed by atoms with Crippen LogP contribution in [0.4, 0.5) is 98.2 Å². The Morgan fingerprint density at radius 1 is 0.208 bits per heavy atom. The minimum absolute atomic E-state index is 0. The average molecular weight is 2550 g/mol. The van der Waals surface area contributed by atoms with Crippen LogP contribution in [0.3, 0.4) is 0 Å². The summed E-state index contributed by atoms with van der Waals surface area (Å²) in [5.74, 6) is -0.987. The second kappa shape index (κ2) is 62.0. The SMILES string of the molecule is CC(C)=O.CC(C)=O.CN(C(=O)c1ccc(C(=O)N(C)c2ccncc2)s1)c1ccncc1.CN(C(=O)c1ccc(C(=O)N(C)c2ccncc2)s1)c1ccncc1.CN(C(=O)c1ccc(C(=O)N(C)c2ccncc2)s1)c1ccncc1.CN(C(=O)c1ccc(C(=O)N(C)c2ccncc2)s1)c1ccncc1.O=S(=O)([O-])C(F)(F)F.O=S(=O)([O-])C(F)(F)F.O=S(=O)([O-])C(F)(F)F.O=S(=O)([O-])C(F)(F)F.[Ag+].[Ag+].[Ag+].[Ag+]. The third-order valence-electron chi connectivity index (χ3n) is 16.1. The summed E-state index contributed by atoms with van der Waals surface area (Å²) >= 11 is 4.73. The fraction of sp³-hybridized carbons (Fsp3) is 0.195. The zero-order valence-electron chi connectivity index (χ0n) is 75.2. The number of hydrogen-bond donors (Lipinski definition) is 0. The van der Waals surface area contributed by atoms with Crippen molar-refractivity contribution in [1.82, 2.24) is 39.9 Å². The molecule has 792 valence electrons. The quantitative estimate of drug-likeness (QED) is 0.0375. The number of carbonyl (C=O) groups is 10. The summed E-state index contributed by atoms with van der Waals surface area (Å²) in [6.07, 6.45) is 26.1. The molecule has 38 nitrogen and oxygen atoms in total. The van der Waals surface area contributed by atoms with E-state index in [0.717, 1.165) is 45.5 Å². The summed E-state index contributed by atoms with van der Waals surface area (Å²) in [4.78, 5) is 168. The Morgan fingerprint density at radius 2 is 0.278 bits per heavy atom. The third kappa shape index (κ3) is 45.2. The predicted molar refractivity (Wildman–Crippen MR) is 489 cm³/mol. The van der Waals surface area contributed by atoms with E-state index in [9.17, 15) is 101 Å². The van der Waals surface area contributed by atoms with Crippen molar-refractivity contribution in [1.29, 1.82) is 0 Å². The monoisotopic (exact) mass is 2550 g/mol. The number of aromatic nitrogens is 8. The van der Waals surface area contributed by atoms with Gasteiger partial charge in [-0.15, -0.1) is 45.3 Å². The molecule has 12 heterocycles. The van der Waals surface area contributed by atoms with Gasteiger partial charge in [0.15, 0.2) is 40.5 Å². The molecule has 12 rings (SSSR count). The molecule has 12 aromatic rings. The van der Waals surface area contributed by atoms with Crippen LogP contribution in [-0.2, 0) is 140 Å². The number of pyridine rings is 8. The smallest absolute Gasteiger partial charge is 0.741 e. The van der Waals surface area contributed by atoms with Crippen molar-refractivity contribution in [2.45, 2.75) is 49.7 Å². The van der Waals surface area contributed by atoms with E-state index in [0.29, 0.717) is 39.0 Å². The van der Waals surface area contributed by atoms with Crippen molar-refractivity contribution in [2.24, 2.45) is 0 Å². The van der Waals surface area contributed by atoms with Gasteiger partial charge in [-0.05, 0) is 173 Å². The van der Waals surface area contributed by atoms with Gasteiger partial charge in [0.1, 0.15) is 11.6 Å². The molecule has 0 spiro atoms. The van der Waals surface area contributed by atoms with E-state index < -0.39 is 62.5 Å². The van der Waals surface area contributed by atoms with Crippen LogP contribution in [0.1, 0.15) is 105 Å². The first kappa shape index (κ1) is 135. The summed E-state index contributed by atoms with van der Waals surface area (Å²) < 4.78 is 236. The Balaban J connectivity index is 0. The van der Waals surface area contributed by atoms with Gasteiger partial charge in [0, 0.05) is 201 Å². The molecule has 144 heavy (non-hydrogen) atoms. The van der Waals surface area contributed by atoms with E-state index in [2.05, 4.69) is 39.9 Å². The number of Topliss-reactive ketones (excluding diaryl/α,β-unsaturated/α-hetero) is 2. The first-order valence-electron chi connectivity index (χ1n) is 37.6. The molecule has 0 unspecified atom stereocenters. The van der Waals surface area contributed by atoms with Gasteiger partial charge in [0.25, 0.3) is 47.3 Å². The van der Waals surface area contributed by atoms with Gasteiger partial charge in [0.05, 0.1) is 39.0 Å². The fourth-order valence-electron chi connectivity index (χ4n) is 9.07. The normalized spacial score (nSPS) is 10.6. The Bertz CT molecular complexity index is 5540. The van der Waals surface area contributed by atoms with Crippen molar-refractivity contribution in [2.75, 3.05) is 95.6 Å². The Labute approximate surface area is 893 Å². The standard InChI is InChI=1S/4C18H16N4O2S.2C3H6O.4CHF3O3S.4Ag/c4*1-21(13-5-9-19-10-6-13)17(23)15-3-4-16(25-15)18(24)22(2)14-7-11-20-12-8-14;2*1-3(2)4;4*2-1(3,4)8(5,6)7;;;;/h4*3-12H,1-2H3;2*1-2H3;4*(H,5,6,7);;;;/q;;;;;;;;;;4*+1/p-4. The van der Waals surface area contributed by atoms with Crippen molar-refractivity contribution < 1.29 is 242 Å². The molecule has 0 fully saturated rings. The van der Waals surface area contributed by atoms with Gasteiger partial charge in [-0.1, -0.05) is 0 Å². The number of carbonyl (C=O) groups excluding carboxylic acids is 10. The number of amides is 8. The number of rotatable bonds is 16. The predicted octanol–water partition coefficient (Wildman–Crippen LogP) is 13.8. The molecular weight excluding hydrogens is 2480 g/mol. The molecule has 0 saturated carbocycles. The Hall–Kier alpha value is -11.1. The van der Waals surface area contributed by atoms with E-state index in [1.807, 2.05) is 0 Å². The van der Waals surface area contributed by atoms with Gasteiger partial charge in [-0.2, -0.15) is 52.7 Å². The number of ketones is 2. The molecule has 0 saturated heterocycles. The molecule has 0 atom stereocenters. The van der Waals surface area contributed by atoms with E-state index in [1.165, 1.54) is 112 Å². The second-order valence-corrected chi connectivity index (χ2v) is 36.4. The summed E-state index contributed by atoms with van der Waals surface area (Å²) in [6, 6.07) is 41.6. The minimum Gasteiger partial charge on any atom is -0.741 e. The van der Waals surface area contributed by atoms with Gasteiger partial charge >= 0.3 is 112 Å². The summed E-state index contributed by atoms with van der Waals surface area (Å²) in [5.41, 5.74) is -16.6. The maximum Gasteiger partial charge on any atom is 1.00 e. The van der Waals surface area contributed by atoms with Crippen LogP contribution < -0.4 is 39.2 Å². The van der Waals surface area contributed by atoms with Crippen LogP contribution in [0, 0.1) is 0 Å². The largest absolute Gasteiger partial charge is 1.00 e. The van der Waals surface area contributed by atoms with Crippen molar-refractivity contribution in [3.8, 4) is 0 Å².